The third-order valence-electron chi connectivity index (χ3n) is 4.53. The van der Waals surface area contributed by atoms with Gasteiger partial charge in [0.1, 0.15) is 0 Å². The van der Waals surface area contributed by atoms with Crippen molar-refractivity contribution in [3.05, 3.63) is 57.8 Å². The molecule has 1 aliphatic carbocycles. The maximum absolute atomic E-state index is 12.2. The molecule has 3 rings (SSSR count). The summed E-state index contributed by atoms with van der Waals surface area (Å²) in [5.74, 6) is -0.653. The highest BCUT2D eigenvalue weighted by Crippen LogP contribution is 2.29. The van der Waals surface area contributed by atoms with E-state index < -0.39 is 0 Å². The van der Waals surface area contributed by atoms with E-state index in [0.717, 1.165) is 19.3 Å². The number of hydrogen-bond donors (Lipinski definition) is 3. The number of amides is 3. The summed E-state index contributed by atoms with van der Waals surface area (Å²) in [6.45, 7) is 0.177. The molecule has 1 atom stereocenters. The van der Waals surface area contributed by atoms with E-state index in [0.29, 0.717) is 4.88 Å². The predicted molar refractivity (Wildman–Crippen MR) is 105 cm³/mol. The first-order chi connectivity index (χ1) is 13.1. The first kappa shape index (κ1) is 19.1. The topological polar surface area (TPSA) is 87.3 Å². The molecule has 1 aromatic carbocycles. The number of benzene rings is 1. The van der Waals surface area contributed by atoms with Crippen LogP contribution < -0.4 is 16.0 Å². The van der Waals surface area contributed by atoms with Gasteiger partial charge < -0.3 is 16.0 Å². The van der Waals surface area contributed by atoms with Gasteiger partial charge in [-0.25, -0.2) is 0 Å². The Morgan fingerprint density at radius 1 is 1.04 bits per heavy atom. The lowest BCUT2D eigenvalue weighted by Crippen LogP contribution is -2.40. The average molecular weight is 385 g/mol. The Kier molecular flexibility index (Phi) is 6.59. The number of fused-ring (bicyclic) bond motifs is 1. The van der Waals surface area contributed by atoms with E-state index in [1.165, 1.54) is 22.5 Å². The molecule has 3 N–H and O–H groups in total. The van der Waals surface area contributed by atoms with Gasteiger partial charge in [-0.15, -0.1) is 11.3 Å². The molecule has 0 radical (unpaired) electrons. The first-order valence-corrected chi connectivity index (χ1v) is 9.97. The summed E-state index contributed by atoms with van der Waals surface area (Å²) < 4.78 is 0. The van der Waals surface area contributed by atoms with Gasteiger partial charge in [0.15, 0.2) is 0 Å². The van der Waals surface area contributed by atoms with Crippen LogP contribution in [0.1, 0.15) is 46.1 Å². The monoisotopic (exact) mass is 385 g/mol. The molecule has 0 fully saturated rings. The summed E-state index contributed by atoms with van der Waals surface area (Å²) in [4.78, 5) is 36.4. The summed E-state index contributed by atoms with van der Waals surface area (Å²) in [6.07, 6.45) is 3.12. The van der Waals surface area contributed by atoms with E-state index in [1.807, 2.05) is 23.6 Å². The van der Waals surface area contributed by atoms with Crippen molar-refractivity contribution in [1.82, 2.24) is 16.0 Å². The Balaban J connectivity index is 1.37. The van der Waals surface area contributed by atoms with Crippen molar-refractivity contribution in [2.45, 2.75) is 31.7 Å². The molecule has 0 bridgehead atoms. The lowest BCUT2D eigenvalue weighted by atomic mass is 9.88. The molecule has 142 valence electrons. The van der Waals surface area contributed by atoms with Gasteiger partial charge in [0.05, 0.1) is 17.5 Å². The molecule has 1 unspecified atom stereocenters. The Bertz CT molecular complexity index is 805. The molecule has 0 aliphatic heterocycles. The minimum absolute atomic E-state index is 0.00411. The lowest BCUT2D eigenvalue weighted by Gasteiger charge is -2.26. The fourth-order valence-electron chi connectivity index (χ4n) is 3.20. The van der Waals surface area contributed by atoms with Crippen LogP contribution in [0.2, 0.25) is 0 Å². The van der Waals surface area contributed by atoms with Gasteiger partial charge in [0, 0.05) is 13.0 Å². The number of hydrogen-bond acceptors (Lipinski definition) is 4. The summed E-state index contributed by atoms with van der Waals surface area (Å²) in [5, 5.41) is 10.1. The van der Waals surface area contributed by atoms with Crippen molar-refractivity contribution in [1.29, 1.82) is 0 Å². The second kappa shape index (κ2) is 9.32. The van der Waals surface area contributed by atoms with Gasteiger partial charge in [-0.2, -0.15) is 0 Å². The van der Waals surface area contributed by atoms with Crippen molar-refractivity contribution in [2.75, 3.05) is 13.1 Å². The fraction of sp³-hybridized carbons (Fsp3) is 0.350. The van der Waals surface area contributed by atoms with Crippen LogP contribution in [0.5, 0.6) is 0 Å². The Morgan fingerprint density at radius 3 is 2.70 bits per heavy atom. The summed E-state index contributed by atoms with van der Waals surface area (Å²) in [7, 11) is 0. The van der Waals surface area contributed by atoms with Crippen LogP contribution in [0.15, 0.2) is 41.8 Å². The van der Waals surface area contributed by atoms with Crippen molar-refractivity contribution in [3.8, 4) is 0 Å². The lowest BCUT2D eigenvalue weighted by molar-refractivity contribution is -0.126. The molecule has 1 aliphatic rings. The molecule has 0 spiro atoms. The number of nitrogens with one attached hydrogen (secondary N) is 3. The summed E-state index contributed by atoms with van der Waals surface area (Å²) >= 11 is 1.35. The van der Waals surface area contributed by atoms with Crippen LogP contribution in [0.4, 0.5) is 0 Å². The normalized spacial score (nSPS) is 15.5. The maximum Gasteiger partial charge on any atom is 0.261 e. The zero-order chi connectivity index (χ0) is 19.1. The largest absolute Gasteiger partial charge is 0.351 e. The summed E-state index contributed by atoms with van der Waals surface area (Å²) in [6, 6.07) is 11.7. The molecule has 0 saturated heterocycles. The highest BCUT2D eigenvalue weighted by molar-refractivity contribution is 7.12. The number of thiophene rings is 1. The van der Waals surface area contributed by atoms with E-state index in [9.17, 15) is 14.4 Å². The average Bonchev–Trinajstić information content (AvgIpc) is 3.21. The molecule has 1 heterocycles. The zero-order valence-electron chi connectivity index (χ0n) is 15.0. The molecule has 7 heteroatoms. The smallest absolute Gasteiger partial charge is 0.261 e. The number of rotatable bonds is 7. The van der Waals surface area contributed by atoms with Gasteiger partial charge in [0.2, 0.25) is 11.8 Å². The SMILES string of the molecule is O=C(CCNC(=O)c1cccs1)NCC(=O)NC1CCCc2ccccc21. The third-order valence-corrected chi connectivity index (χ3v) is 5.40. The van der Waals surface area contributed by atoms with Crippen LogP contribution in [0.3, 0.4) is 0 Å². The Labute approximate surface area is 162 Å². The number of carbonyl (C=O) groups is 3. The predicted octanol–water partition coefficient (Wildman–Crippen LogP) is 2.18. The summed E-state index contributed by atoms with van der Waals surface area (Å²) in [5.41, 5.74) is 2.44. The number of carbonyl (C=O) groups excluding carboxylic acids is 3. The molecule has 0 saturated carbocycles. The molecule has 2 aromatic rings. The molecule has 6 nitrogen and oxygen atoms in total. The van der Waals surface area contributed by atoms with Gasteiger partial charge in [-0.3, -0.25) is 14.4 Å². The van der Waals surface area contributed by atoms with Gasteiger partial charge in [0.25, 0.3) is 5.91 Å². The van der Waals surface area contributed by atoms with Gasteiger partial charge in [-0.1, -0.05) is 30.3 Å². The fourth-order valence-corrected chi connectivity index (χ4v) is 3.84. The maximum atomic E-state index is 12.2. The molecule has 27 heavy (non-hydrogen) atoms. The van der Waals surface area contributed by atoms with E-state index in [2.05, 4.69) is 22.0 Å². The van der Waals surface area contributed by atoms with Gasteiger partial charge >= 0.3 is 0 Å². The minimum Gasteiger partial charge on any atom is -0.351 e. The van der Waals surface area contributed by atoms with Crippen molar-refractivity contribution < 1.29 is 14.4 Å². The Morgan fingerprint density at radius 2 is 1.89 bits per heavy atom. The molecule has 1 aromatic heterocycles. The van der Waals surface area contributed by atoms with Crippen molar-refractivity contribution in [2.24, 2.45) is 0 Å². The van der Waals surface area contributed by atoms with Crippen molar-refractivity contribution >= 4 is 29.1 Å². The highest BCUT2D eigenvalue weighted by atomic mass is 32.1. The van der Waals surface area contributed by atoms with Crippen LogP contribution in [0, 0.1) is 0 Å². The van der Waals surface area contributed by atoms with Gasteiger partial charge in [-0.05, 0) is 41.8 Å². The third kappa shape index (κ3) is 5.40. The minimum atomic E-state index is -0.263. The van der Waals surface area contributed by atoms with E-state index in [1.54, 1.807) is 12.1 Å². The van der Waals surface area contributed by atoms with Crippen LogP contribution in [-0.2, 0) is 16.0 Å². The zero-order valence-corrected chi connectivity index (χ0v) is 15.8. The van der Waals surface area contributed by atoms with E-state index >= 15 is 0 Å². The van der Waals surface area contributed by atoms with Crippen molar-refractivity contribution in [3.63, 3.8) is 0 Å². The van der Waals surface area contributed by atoms with Crippen LogP contribution >= 0.6 is 11.3 Å². The number of aryl methyl sites for hydroxylation is 1. The first-order valence-electron chi connectivity index (χ1n) is 9.09. The Hall–Kier alpha value is -2.67. The van der Waals surface area contributed by atoms with E-state index in [-0.39, 0.29) is 43.3 Å². The van der Waals surface area contributed by atoms with Crippen LogP contribution in [0.25, 0.3) is 0 Å². The quantitative estimate of drug-likeness (QED) is 0.683. The second-order valence-electron chi connectivity index (χ2n) is 6.47. The van der Waals surface area contributed by atoms with Crippen LogP contribution in [-0.4, -0.2) is 30.8 Å². The standard InChI is InChI=1S/C20H23N3O3S/c24-18(10-11-21-20(26)17-9-4-12-27-17)22-13-19(25)23-16-8-3-6-14-5-1-2-7-15(14)16/h1-2,4-5,7,9,12,16H,3,6,8,10-11,13H2,(H,21,26)(H,22,24)(H,23,25). The molecule has 3 amide bonds. The highest BCUT2D eigenvalue weighted by Gasteiger charge is 2.21. The second-order valence-corrected chi connectivity index (χ2v) is 7.42. The van der Waals surface area contributed by atoms with E-state index in [4.69, 9.17) is 0 Å². The molecular formula is C20H23N3O3S. The molecular weight excluding hydrogens is 362 g/mol.